The summed E-state index contributed by atoms with van der Waals surface area (Å²) in [4.78, 5) is 37.8. The first-order valence-electron chi connectivity index (χ1n) is 10.9. The molecule has 0 aliphatic carbocycles. The third-order valence-electron chi connectivity index (χ3n) is 6.37. The van der Waals surface area contributed by atoms with Crippen LogP contribution < -0.4 is 16.0 Å². The Labute approximate surface area is 168 Å². The van der Waals surface area contributed by atoms with Crippen molar-refractivity contribution in [2.45, 2.75) is 70.3 Å². The number of rotatable bonds is 12. The highest BCUT2D eigenvalue weighted by molar-refractivity contribution is 6.21. The van der Waals surface area contributed by atoms with Gasteiger partial charge in [-0.15, -0.1) is 0 Å². The molecule has 4 N–H and O–H groups in total. The summed E-state index contributed by atoms with van der Waals surface area (Å²) in [6.45, 7) is 4.92. The first-order chi connectivity index (χ1) is 13.5. The summed E-state index contributed by atoms with van der Waals surface area (Å²) in [5.74, 6) is -1.03. The Morgan fingerprint density at radius 3 is 1.96 bits per heavy atom. The van der Waals surface area contributed by atoms with Gasteiger partial charge in [0, 0.05) is 19.5 Å². The molecule has 0 radical (unpaired) electrons. The molecule has 28 heavy (non-hydrogen) atoms. The average molecular weight is 398 g/mol. The van der Waals surface area contributed by atoms with Crippen LogP contribution in [-0.2, 0) is 9.59 Å². The number of nitrogens with one attached hydrogen (secondary N) is 3. The fourth-order valence-corrected chi connectivity index (χ4v) is 4.77. The van der Waals surface area contributed by atoms with Gasteiger partial charge in [-0.05, 0) is 6.42 Å². The molecule has 2 fully saturated rings. The van der Waals surface area contributed by atoms with Crippen LogP contribution in [0.2, 0.25) is 0 Å². The van der Waals surface area contributed by atoms with Crippen molar-refractivity contribution in [3.63, 3.8) is 0 Å². The number of urea groups is 1. The molecule has 0 aromatic heterocycles. The molecule has 0 spiro atoms. The number of amides is 4. The summed E-state index contributed by atoms with van der Waals surface area (Å²) in [5.41, 5.74) is -1.35. The van der Waals surface area contributed by atoms with Crippen molar-refractivity contribution in [3.8, 4) is 0 Å². The van der Waals surface area contributed by atoms with Crippen molar-refractivity contribution >= 4 is 17.8 Å². The van der Waals surface area contributed by atoms with Gasteiger partial charge in [-0.25, -0.2) is 4.79 Å². The van der Waals surface area contributed by atoms with E-state index in [1.807, 2.05) is 0 Å². The third kappa shape index (κ3) is 4.90. The number of hydrogen-bond donors (Lipinski definition) is 4. The number of carbonyl (C=O) groups excluding carboxylic acids is 3. The maximum Gasteiger partial charge on any atom is 0.328 e. The summed E-state index contributed by atoms with van der Waals surface area (Å²) in [6, 6.07) is -0.751. The van der Waals surface area contributed by atoms with E-state index in [0.29, 0.717) is 39.1 Å². The van der Waals surface area contributed by atoms with Crippen molar-refractivity contribution in [3.05, 3.63) is 0 Å². The average Bonchev–Trinajstić information content (AvgIpc) is 2.66. The molecule has 2 saturated heterocycles. The van der Waals surface area contributed by atoms with Gasteiger partial charge in [-0.3, -0.25) is 24.7 Å². The Morgan fingerprint density at radius 1 is 0.893 bits per heavy atom. The Bertz CT molecular complexity index is 521. The lowest BCUT2D eigenvalue weighted by atomic mass is 9.82. The van der Waals surface area contributed by atoms with Gasteiger partial charge in [-0.1, -0.05) is 51.9 Å². The number of aliphatic hydroxyl groups is 1. The van der Waals surface area contributed by atoms with E-state index < -0.39 is 23.4 Å². The van der Waals surface area contributed by atoms with Crippen LogP contribution in [0, 0.1) is 0 Å². The Hall–Kier alpha value is -1.51. The zero-order valence-electron chi connectivity index (χ0n) is 17.2. The summed E-state index contributed by atoms with van der Waals surface area (Å²) >= 11 is 0. The van der Waals surface area contributed by atoms with Crippen molar-refractivity contribution < 1.29 is 24.0 Å². The molecule has 160 valence electrons. The second-order valence-electron chi connectivity index (χ2n) is 8.11. The van der Waals surface area contributed by atoms with E-state index in [9.17, 15) is 19.5 Å². The molecule has 0 saturated carbocycles. The number of carbonyl (C=O) groups is 3. The summed E-state index contributed by atoms with van der Waals surface area (Å²) in [6.07, 6.45) is 9.35. The van der Waals surface area contributed by atoms with Gasteiger partial charge in [0.25, 0.3) is 17.4 Å². The first kappa shape index (κ1) is 22.8. The normalized spacial score (nSPS) is 21.3. The molecule has 0 unspecified atom stereocenters. The SMILES string of the molecule is CCCCCCCCCCC1([N+]2(CCO)CCNCC2)C(=O)NC(=O)NC1=O. The fourth-order valence-electron chi connectivity index (χ4n) is 4.77. The van der Waals surface area contributed by atoms with E-state index in [4.69, 9.17) is 0 Å². The van der Waals surface area contributed by atoms with Crippen LogP contribution >= 0.6 is 0 Å². The van der Waals surface area contributed by atoms with E-state index in [2.05, 4.69) is 22.9 Å². The fraction of sp³-hybridized carbons (Fsp3) is 0.850. The van der Waals surface area contributed by atoms with Crippen LogP contribution in [0.4, 0.5) is 4.79 Å². The zero-order valence-corrected chi connectivity index (χ0v) is 17.2. The van der Waals surface area contributed by atoms with Gasteiger partial charge in [0.15, 0.2) is 0 Å². The first-order valence-corrected chi connectivity index (χ1v) is 10.9. The van der Waals surface area contributed by atoms with Crippen molar-refractivity contribution in [1.82, 2.24) is 16.0 Å². The van der Waals surface area contributed by atoms with E-state index >= 15 is 0 Å². The number of quaternary nitrogens is 1. The molecule has 2 heterocycles. The molecule has 2 rings (SSSR count). The van der Waals surface area contributed by atoms with Crippen LogP contribution in [0.25, 0.3) is 0 Å². The molecule has 0 aromatic rings. The monoisotopic (exact) mass is 397 g/mol. The van der Waals surface area contributed by atoms with Gasteiger partial charge in [0.1, 0.15) is 6.54 Å². The lowest BCUT2D eigenvalue weighted by Gasteiger charge is -2.53. The molecule has 2 aliphatic rings. The Morgan fingerprint density at radius 2 is 1.43 bits per heavy atom. The third-order valence-corrected chi connectivity index (χ3v) is 6.37. The number of unbranched alkanes of at least 4 members (excludes halogenated alkanes) is 7. The van der Waals surface area contributed by atoms with Crippen molar-refractivity contribution in [2.24, 2.45) is 0 Å². The highest BCUT2D eigenvalue weighted by atomic mass is 16.3. The molecule has 2 aliphatic heterocycles. The zero-order chi connectivity index (χ0) is 20.5. The predicted octanol–water partition coefficient (Wildman–Crippen LogP) is 1.03. The minimum absolute atomic E-state index is 0.103. The molecule has 0 aromatic carbocycles. The smallest absolute Gasteiger partial charge is 0.328 e. The minimum Gasteiger partial charge on any atom is -0.391 e. The number of barbiturate groups is 1. The maximum atomic E-state index is 13.0. The molecular formula is C20H37N4O4+. The topological polar surface area (TPSA) is 108 Å². The molecule has 0 bridgehead atoms. The van der Waals surface area contributed by atoms with Gasteiger partial charge in [0.2, 0.25) is 0 Å². The van der Waals surface area contributed by atoms with Crippen LogP contribution in [0.5, 0.6) is 0 Å². The summed E-state index contributed by atoms with van der Waals surface area (Å²) in [5, 5.41) is 17.6. The molecule has 8 nitrogen and oxygen atoms in total. The van der Waals surface area contributed by atoms with Crippen LogP contribution in [0.1, 0.15) is 64.7 Å². The lowest BCUT2D eigenvalue weighted by molar-refractivity contribution is -0.959. The second-order valence-corrected chi connectivity index (χ2v) is 8.11. The largest absolute Gasteiger partial charge is 0.391 e. The minimum atomic E-state index is -1.35. The number of imide groups is 2. The number of hydrogen-bond acceptors (Lipinski definition) is 5. The summed E-state index contributed by atoms with van der Waals surface area (Å²) in [7, 11) is 0. The second kappa shape index (κ2) is 10.9. The molecule has 0 atom stereocenters. The van der Waals surface area contributed by atoms with Gasteiger partial charge < -0.3 is 10.4 Å². The van der Waals surface area contributed by atoms with Gasteiger partial charge >= 0.3 is 6.03 Å². The number of aliphatic hydroxyl groups excluding tert-OH is 1. The molecule has 8 heteroatoms. The van der Waals surface area contributed by atoms with Gasteiger partial charge in [-0.2, -0.15) is 0 Å². The molecule has 4 amide bonds. The molecular weight excluding hydrogens is 360 g/mol. The van der Waals surface area contributed by atoms with Crippen molar-refractivity contribution in [1.29, 1.82) is 0 Å². The van der Waals surface area contributed by atoms with E-state index in [0.717, 1.165) is 19.3 Å². The maximum absolute atomic E-state index is 13.0. The standard InChI is InChI=1S/C20H36N4O4/c1-2-3-4-5-6-7-8-9-10-20(17(26)22-19(28)23-18(20)27)24(15-16-25)13-11-21-12-14-24/h21,25H,2-16H2,1H3,(H-,22,23,26,27,28)/p+1. The number of piperazine rings is 1. The van der Waals surface area contributed by atoms with Crippen molar-refractivity contribution in [2.75, 3.05) is 39.3 Å². The van der Waals surface area contributed by atoms with Crippen LogP contribution in [0.15, 0.2) is 0 Å². The summed E-state index contributed by atoms with van der Waals surface area (Å²) < 4.78 is 0.206. The van der Waals surface area contributed by atoms with E-state index in [-0.39, 0.29) is 11.1 Å². The highest BCUT2D eigenvalue weighted by Gasteiger charge is 2.64. The predicted molar refractivity (Wildman–Crippen MR) is 106 cm³/mol. The lowest BCUT2D eigenvalue weighted by Crippen LogP contribution is -2.82. The van der Waals surface area contributed by atoms with E-state index in [1.54, 1.807) is 0 Å². The van der Waals surface area contributed by atoms with E-state index in [1.165, 1.54) is 32.1 Å². The Kier molecular flexibility index (Phi) is 8.85. The highest BCUT2D eigenvalue weighted by Crippen LogP contribution is 2.34. The van der Waals surface area contributed by atoms with Crippen LogP contribution in [-0.4, -0.2) is 72.3 Å². The van der Waals surface area contributed by atoms with Crippen LogP contribution in [0.3, 0.4) is 0 Å². The Balaban J connectivity index is 2.10. The number of nitrogens with zero attached hydrogens (tertiary/aromatic N) is 1. The van der Waals surface area contributed by atoms with Gasteiger partial charge in [0.05, 0.1) is 19.7 Å². The quantitative estimate of drug-likeness (QED) is 0.224.